The fourth-order valence-corrected chi connectivity index (χ4v) is 3.01. The quantitative estimate of drug-likeness (QED) is 0.811. The van der Waals surface area contributed by atoms with Crippen LogP contribution in [0.1, 0.15) is 44.2 Å². The van der Waals surface area contributed by atoms with Crippen LogP contribution in [0, 0.1) is 0 Å². The van der Waals surface area contributed by atoms with Crippen molar-refractivity contribution in [2.45, 2.75) is 46.0 Å². The Morgan fingerprint density at radius 1 is 1.18 bits per heavy atom. The topological polar surface area (TPSA) is 40.6 Å². The predicted molar refractivity (Wildman–Crippen MR) is 89.0 cm³/mol. The Morgan fingerprint density at radius 2 is 1.86 bits per heavy atom. The maximum absolute atomic E-state index is 12.4. The molecule has 0 atom stereocenters. The zero-order valence-electron chi connectivity index (χ0n) is 13.9. The number of carbonyl (C=O) groups is 2. The Kier molecular flexibility index (Phi) is 5.58. The molecule has 22 heavy (non-hydrogen) atoms. The van der Waals surface area contributed by atoms with Crippen LogP contribution in [-0.2, 0) is 22.4 Å². The molecule has 0 radical (unpaired) electrons. The summed E-state index contributed by atoms with van der Waals surface area (Å²) in [6.45, 7) is 5.85. The number of benzene rings is 1. The lowest BCUT2D eigenvalue weighted by Crippen LogP contribution is -2.34. The zero-order chi connectivity index (χ0) is 16.1. The number of rotatable bonds is 6. The van der Waals surface area contributed by atoms with Gasteiger partial charge in [-0.15, -0.1) is 0 Å². The van der Waals surface area contributed by atoms with Crippen LogP contribution in [0.25, 0.3) is 0 Å². The fraction of sp³-hybridized carbons (Fsp3) is 0.556. The molecule has 0 saturated heterocycles. The Hall–Kier alpha value is -1.84. The van der Waals surface area contributed by atoms with Crippen LogP contribution >= 0.6 is 0 Å². The van der Waals surface area contributed by atoms with Crippen LogP contribution in [0.2, 0.25) is 0 Å². The molecule has 1 heterocycles. The number of anilines is 1. The van der Waals surface area contributed by atoms with E-state index in [4.69, 9.17) is 0 Å². The second-order valence-electron chi connectivity index (χ2n) is 5.97. The Balaban J connectivity index is 2.10. The molecule has 120 valence electrons. The highest BCUT2D eigenvalue weighted by Crippen LogP contribution is 2.27. The summed E-state index contributed by atoms with van der Waals surface area (Å²) in [5.74, 6) is 0.359. The lowest BCUT2D eigenvalue weighted by Gasteiger charge is -2.26. The number of fused-ring (bicyclic) bond motifs is 1. The number of aryl methyl sites for hydroxylation is 1. The predicted octanol–water partition coefficient (Wildman–Crippen LogP) is 2.79. The normalized spacial score (nSPS) is 14.0. The molecule has 0 N–H and O–H groups in total. The van der Waals surface area contributed by atoms with Crippen LogP contribution in [0.3, 0.4) is 0 Å². The molecule has 1 aromatic carbocycles. The highest BCUT2D eigenvalue weighted by Gasteiger charge is 2.21. The highest BCUT2D eigenvalue weighted by atomic mass is 16.2. The van der Waals surface area contributed by atoms with Crippen molar-refractivity contribution in [1.29, 1.82) is 0 Å². The Morgan fingerprint density at radius 3 is 2.50 bits per heavy atom. The molecule has 1 aliphatic rings. The van der Waals surface area contributed by atoms with Crippen LogP contribution < -0.4 is 4.90 Å². The standard InChI is InChI=1S/C18H26N2O2/c1-4-10-20(11-5-2)18(22)13-14-6-8-16-15(12-14)7-9-17(21)19(16)3/h6,8,12H,4-5,7,9-11,13H2,1-3H3. The molecule has 1 aromatic rings. The molecular formula is C18H26N2O2. The Labute approximate surface area is 133 Å². The van der Waals surface area contributed by atoms with Gasteiger partial charge in [0.25, 0.3) is 0 Å². The van der Waals surface area contributed by atoms with Crippen LogP contribution in [0.5, 0.6) is 0 Å². The van der Waals surface area contributed by atoms with E-state index in [1.165, 1.54) is 5.56 Å². The summed E-state index contributed by atoms with van der Waals surface area (Å²) >= 11 is 0. The highest BCUT2D eigenvalue weighted by molar-refractivity contribution is 5.96. The lowest BCUT2D eigenvalue weighted by atomic mass is 9.98. The molecule has 1 aliphatic heterocycles. The van der Waals surface area contributed by atoms with Gasteiger partial charge in [0.2, 0.25) is 11.8 Å². The van der Waals surface area contributed by atoms with Crippen molar-refractivity contribution >= 4 is 17.5 Å². The molecular weight excluding hydrogens is 276 g/mol. The summed E-state index contributed by atoms with van der Waals surface area (Å²) in [6.07, 6.45) is 3.75. The largest absolute Gasteiger partial charge is 0.342 e. The number of carbonyl (C=O) groups excluding carboxylic acids is 2. The zero-order valence-corrected chi connectivity index (χ0v) is 13.9. The molecule has 0 spiro atoms. The summed E-state index contributed by atoms with van der Waals surface area (Å²) in [5, 5.41) is 0. The van der Waals surface area contributed by atoms with Gasteiger partial charge in [-0.3, -0.25) is 9.59 Å². The minimum absolute atomic E-state index is 0.161. The van der Waals surface area contributed by atoms with Gasteiger partial charge in [0, 0.05) is 32.2 Å². The van der Waals surface area contributed by atoms with E-state index in [1.807, 2.05) is 24.1 Å². The van der Waals surface area contributed by atoms with Gasteiger partial charge in [0.1, 0.15) is 0 Å². The summed E-state index contributed by atoms with van der Waals surface area (Å²) in [6, 6.07) is 6.03. The van der Waals surface area contributed by atoms with E-state index in [2.05, 4.69) is 19.9 Å². The minimum Gasteiger partial charge on any atom is -0.342 e. The molecule has 0 unspecified atom stereocenters. The first-order valence-corrected chi connectivity index (χ1v) is 8.23. The van der Waals surface area contributed by atoms with Gasteiger partial charge >= 0.3 is 0 Å². The van der Waals surface area contributed by atoms with Crippen molar-refractivity contribution < 1.29 is 9.59 Å². The molecule has 0 fully saturated rings. The Bertz CT molecular complexity index is 548. The van der Waals surface area contributed by atoms with Crippen LogP contribution in [-0.4, -0.2) is 36.9 Å². The first kappa shape index (κ1) is 16.5. The van der Waals surface area contributed by atoms with Gasteiger partial charge < -0.3 is 9.80 Å². The SMILES string of the molecule is CCCN(CCC)C(=O)Cc1ccc2c(c1)CCC(=O)N2C. The van der Waals surface area contributed by atoms with Crippen molar-refractivity contribution in [2.24, 2.45) is 0 Å². The van der Waals surface area contributed by atoms with Crippen LogP contribution in [0.15, 0.2) is 18.2 Å². The van der Waals surface area contributed by atoms with E-state index in [-0.39, 0.29) is 11.8 Å². The smallest absolute Gasteiger partial charge is 0.227 e. The molecule has 0 aliphatic carbocycles. The molecule has 2 amide bonds. The third-order valence-electron chi connectivity index (χ3n) is 4.18. The van der Waals surface area contributed by atoms with Crippen molar-refractivity contribution in [3.8, 4) is 0 Å². The number of hydrogen-bond donors (Lipinski definition) is 0. The second kappa shape index (κ2) is 7.43. The van der Waals surface area contributed by atoms with Gasteiger partial charge in [0.05, 0.1) is 6.42 Å². The van der Waals surface area contributed by atoms with Gasteiger partial charge in [0.15, 0.2) is 0 Å². The average molecular weight is 302 g/mol. The molecule has 2 rings (SSSR count). The van der Waals surface area contributed by atoms with Crippen molar-refractivity contribution in [3.05, 3.63) is 29.3 Å². The summed E-state index contributed by atoms with van der Waals surface area (Å²) < 4.78 is 0. The van der Waals surface area contributed by atoms with Gasteiger partial charge in [-0.25, -0.2) is 0 Å². The summed E-state index contributed by atoms with van der Waals surface area (Å²) in [4.78, 5) is 27.8. The fourth-order valence-electron chi connectivity index (χ4n) is 3.01. The van der Waals surface area contributed by atoms with E-state index < -0.39 is 0 Å². The first-order chi connectivity index (χ1) is 10.6. The van der Waals surface area contributed by atoms with Crippen molar-refractivity contribution in [1.82, 2.24) is 4.90 Å². The van der Waals surface area contributed by atoms with E-state index >= 15 is 0 Å². The van der Waals surface area contributed by atoms with E-state index in [0.717, 1.165) is 43.6 Å². The van der Waals surface area contributed by atoms with Crippen molar-refractivity contribution in [2.75, 3.05) is 25.0 Å². The molecule has 0 saturated carbocycles. The van der Waals surface area contributed by atoms with E-state index in [1.54, 1.807) is 4.90 Å². The number of nitrogens with zero attached hydrogens (tertiary/aromatic N) is 2. The average Bonchev–Trinajstić information content (AvgIpc) is 2.51. The van der Waals surface area contributed by atoms with Crippen LogP contribution in [0.4, 0.5) is 5.69 Å². The maximum atomic E-state index is 12.4. The minimum atomic E-state index is 0.161. The molecule has 4 heteroatoms. The third-order valence-corrected chi connectivity index (χ3v) is 4.18. The van der Waals surface area contributed by atoms with E-state index in [0.29, 0.717) is 12.8 Å². The van der Waals surface area contributed by atoms with Crippen molar-refractivity contribution in [3.63, 3.8) is 0 Å². The van der Waals surface area contributed by atoms with Gasteiger partial charge in [-0.2, -0.15) is 0 Å². The first-order valence-electron chi connectivity index (χ1n) is 8.23. The molecule has 0 bridgehead atoms. The maximum Gasteiger partial charge on any atom is 0.227 e. The van der Waals surface area contributed by atoms with E-state index in [9.17, 15) is 9.59 Å². The summed E-state index contributed by atoms with van der Waals surface area (Å²) in [5.41, 5.74) is 3.19. The number of amides is 2. The summed E-state index contributed by atoms with van der Waals surface area (Å²) in [7, 11) is 1.81. The van der Waals surface area contributed by atoms with Gasteiger partial charge in [-0.1, -0.05) is 26.0 Å². The number of hydrogen-bond acceptors (Lipinski definition) is 2. The third kappa shape index (κ3) is 3.67. The second-order valence-corrected chi connectivity index (χ2v) is 5.97. The monoisotopic (exact) mass is 302 g/mol. The lowest BCUT2D eigenvalue weighted by molar-refractivity contribution is -0.130. The molecule has 0 aromatic heterocycles. The van der Waals surface area contributed by atoms with Gasteiger partial charge in [-0.05, 0) is 36.5 Å². The molecule has 4 nitrogen and oxygen atoms in total.